The summed E-state index contributed by atoms with van der Waals surface area (Å²) < 4.78 is 0. The number of benzene rings is 1. The van der Waals surface area contributed by atoms with Crippen molar-refractivity contribution >= 4 is 17.3 Å². The number of rotatable bonds is 2. The van der Waals surface area contributed by atoms with Gasteiger partial charge in [0.05, 0.1) is 11.8 Å². The third-order valence-electron chi connectivity index (χ3n) is 1.14. The molecule has 0 unspecified atom stereocenters. The van der Waals surface area contributed by atoms with Crippen LogP contribution in [0.4, 0.5) is 5.69 Å². The van der Waals surface area contributed by atoms with Crippen LogP contribution in [0.2, 0.25) is 5.02 Å². The molecule has 0 aliphatic rings. The molecule has 0 aromatic heterocycles. The smallest absolute Gasteiger partial charge is 0.147 e. The summed E-state index contributed by atoms with van der Waals surface area (Å²) in [5.74, 6) is 0. The molecule has 3 nitrogen and oxygen atoms in total. The van der Waals surface area contributed by atoms with Gasteiger partial charge in [0.1, 0.15) is 6.54 Å². The van der Waals surface area contributed by atoms with E-state index in [-0.39, 0.29) is 6.54 Å². The molecule has 0 saturated heterocycles. The molecule has 0 bridgehead atoms. The molecule has 0 spiro atoms. The van der Waals surface area contributed by atoms with Crippen LogP contribution in [0.25, 0.3) is 0 Å². The molecule has 1 aromatic carbocycles. The molecule has 60 valence electrons. The number of hydrogen-bond donors (Lipinski definition) is 0. The van der Waals surface area contributed by atoms with E-state index >= 15 is 0 Å². The summed E-state index contributed by atoms with van der Waals surface area (Å²) in [6.07, 6.45) is 0. The van der Waals surface area contributed by atoms with Crippen molar-refractivity contribution in [2.45, 2.75) is 0 Å². The molecule has 0 aliphatic heterocycles. The maximum Gasteiger partial charge on any atom is 0.147 e. The Balaban J connectivity index is 2.71. The predicted molar refractivity (Wildman–Crippen MR) is 46.4 cm³/mol. The number of hydrogen-bond acceptors (Lipinski definition) is 3. The average Bonchev–Trinajstić information content (AvgIpc) is 2.05. The summed E-state index contributed by atoms with van der Waals surface area (Å²) in [5.41, 5.74) is 0.665. The third kappa shape index (κ3) is 2.69. The van der Waals surface area contributed by atoms with Gasteiger partial charge in [0, 0.05) is 5.02 Å². The largest absolute Gasteiger partial charge is 0.196 e. The van der Waals surface area contributed by atoms with Crippen LogP contribution >= 0.6 is 11.6 Å². The Morgan fingerprint density at radius 1 is 1.50 bits per heavy atom. The van der Waals surface area contributed by atoms with Crippen molar-refractivity contribution in [3.05, 3.63) is 29.3 Å². The van der Waals surface area contributed by atoms with E-state index < -0.39 is 0 Å². The molecule has 0 fully saturated rings. The molecule has 0 saturated carbocycles. The minimum absolute atomic E-state index is 0.0759. The molecular weight excluding hydrogens is 174 g/mol. The van der Waals surface area contributed by atoms with E-state index in [1.807, 2.05) is 6.07 Å². The molecule has 0 radical (unpaired) electrons. The lowest BCUT2D eigenvalue weighted by Gasteiger charge is -1.90. The van der Waals surface area contributed by atoms with Gasteiger partial charge in [-0.3, -0.25) is 0 Å². The SMILES string of the molecule is N#CCN=Nc1cccc(Cl)c1. The van der Waals surface area contributed by atoms with Gasteiger partial charge >= 0.3 is 0 Å². The Morgan fingerprint density at radius 3 is 3.00 bits per heavy atom. The average molecular weight is 180 g/mol. The zero-order valence-corrected chi connectivity index (χ0v) is 6.99. The number of halogens is 1. The van der Waals surface area contributed by atoms with Gasteiger partial charge in [-0.2, -0.15) is 15.5 Å². The van der Waals surface area contributed by atoms with E-state index in [1.165, 1.54) is 0 Å². The van der Waals surface area contributed by atoms with E-state index in [0.717, 1.165) is 0 Å². The molecule has 0 atom stereocenters. The van der Waals surface area contributed by atoms with Crippen LogP contribution in [0, 0.1) is 11.3 Å². The first kappa shape index (κ1) is 8.69. The highest BCUT2D eigenvalue weighted by Crippen LogP contribution is 2.17. The Kier molecular flexibility index (Phi) is 3.24. The second kappa shape index (κ2) is 4.47. The molecule has 0 aliphatic carbocycles. The fraction of sp³-hybridized carbons (Fsp3) is 0.125. The molecule has 0 N–H and O–H groups in total. The summed E-state index contributed by atoms with van der Waals surface area (Å²) in [7, 11) is 0. The van der Waals surface area contributed by atoms with Gasteiger partial charge in [-0.05, 0) is 18.2 Å². The minimum Gasteiger partial charge on any atom is -0.196 e. The fourth-order valence-corrected chi connectivity index (χ4v) is 0.871. The topological polar surface area (TPSA) is 48.5 Å². The maximum absolute atomic E-state index is 8.17. The van der Waals surface area contributed by atoms with Crippen LogP contribution in [0.1, 0.15) is 0 Å². The van der Waals surface area contributed by atoms with Crippen molar-refractivity contribution in [1.29, 1.82) is 5.26 Å². The van der Waals surface area contributed by atoms with Crippen LogP contribution in [0.5, 0.6) is 0 Å². The summed E-state index contributed by atoms with van der Waals surface area (Å²) in [4.78, 5) is 0. The highest BCUT2D eigenvalue weighted by molar-refractivity contribution is 6.30. The summed E-state index contributed by atoms with van der Waals surface area (Å²) in [5, 5.41) is 16.2. The number of nitriles is 1. The minimum atomic E-state index is 0.0759. The van der Waals surface area contributed by atoms with Crippen molar-refractivity contribution in [2.24, 2.45) is 10.2 Å². The Hall–Kier alpha value is -1.40. The molecular formula is C8H6ClN3. The highest BCUT2D eigenvalue weighted by atomic mass is 35.5. The van der Waals surface area contributed by atoms with Gasteiger partial charge in [-0.1, -0.05) is 17.7 Å². The van der Waals surface area contributed by atoms with Gasteiger partial charge in [-0.25, -0.2) is 0 Å². The zero-order chi connectivity index (χ0) is 8.81. The van der Waals surface area contributed by atoms with Gasteiger partial charge < -0.3 is 0 Å². The van der Waals surface area contributed by atoms with E-state index in [1.54, 1.807) is 24.3 Å². The third-order valence-corrected chi connectivity index (χ3v) is 1.37. The number of azo groups is 1. The molecule has 4 heteroatoms. The first-order valence-electron chi connectivity index (χ1n) is 3.33. The second-order valence-corrected chi connectivity index (χ2v) is 2.47. The quantitative estimate of drug-likeness (QED) is 0.509. The first-order chi connectivity index (χ1) is 5.83. The second-order valence-electron chi connectivity index (χ2n) is 2.04. The lowest BCUT2D eigenvalue weighted by Crippen LogP contribution is -1.68. The molecule has 0 amide bonds. The summed E-state index contributed by atoms with van der Waals surface area (Å²) in [6, 6.07) is 8.85. The maximum atomic E-state index is 8.17. The monoisotopic (exact) mass is 179 g/mol. The van der Waals surface area contributed by atoms with Crippen molar-refractivity contribution in [3.8, 4) is 6.07 Å². The molecule has 0 heterocycles. The predicted octanol–water partition coefficient (Wildman–Crippen LogP) is 2.95. The highest BCUT2D eigenvalue weighted by Gasteiger charge is 1.89. The Bertz CT molecular complexity index is 327. The molecule has 12 heavy (non-hydrogen) atoms. The van der Waals surface area contributed by atoms with Crippen molar-refractivity contribution < 1.29 is 0 Å². The fourth-order valence-electron chi connectivity index (χ4n) is 0.687. The van der Waals surface area contributed by atoms with E-state index in [4.69, 9.17) is 16.9 Å². The first-order valence-corrected chi connectivity index (χ1v) is 3.71. The van der Waals surface area contributed by atoms with E-state index in [0.29, 0.717) is 10.7 Å². The van der Waals surface area contributed by atoms with Crippen molar-refractivity contribution in [2.75, 3.05) is 6.54 Å². The Labute approximate surface area is 75.3 Å². The molecule has 1 aromatic rings. The van der Waals surface area contributed by atoms with Gasteiger partial charge in [0.15, 0.2) is 0 Å². The van der Waals surface area contributed by atoms with Crippen LogP contribution in [-0.2, 0) is 0 Å². The van der Waals surface area contributed by atoms with Gasteiger partial charge in [0.2, 0.25) is 0 Å². The van der Waals surface area contributed by atoms with Crippen LogP contribution < -0.4 is 0 Å². The van der Waals surface area contributed by atoms with E-state index in [9.17, 15) is 0 Å². The summed E-state index contributed by atoms with van der Waals surface area (Å²) >= 11 is 5.69. The van der Waals surface area contributed by atoms with Crippen LogP contribution in [0.3, 0.4) is 0 Å². The lowest BCUT2D eigenvalue weighted by molar-refractivity contribution is 1.08. The van der Waals surface area contributed by atoms with Crippen LogP contribution in [-0.4, -0.2) is 6.54 Å². The van der Waals surface area contributed by atoms with Gasteiger partial charge in [-0.15, -0.1) is 0 Å². The van der Waals surface area contributed by atoms with Crippen molar-refractivity contribution in [1.82, 2.24) is 0 Å². The standard InChI is InChI=1S/C8H6ClN3/c9-7-2-1-3-8(6-7)12-11-5-4-10/h1-3,6H,5H2. The summed E-state index contributed by atoms with van der Waals surface area (Å²) in [6.45, 7) is 0.0759. The van der Waals surface area contributed by atoms with Crippen LogP contribution in [0.15, 0.2) is 34.5 Å². The normalized spacial score (nSPS) is 10.0. The van der Waals surface area contributed by atoms with E-state index in [2.05, 4.69) is 10.2 Å². The molecule has 1 rings (SSSR count). The van der Waals surface area contributed by atoms with Crippen molar-refractivity contribution in [3.63, 3.8) is 0 Å². The zero-order valence-electron chi connectivity index (χ0n) is 6.24. The number of nitrogens with zero attached hydrogens (tertiary/aromatic N) is 3. The lowest BCUT2D eigenvalue weighted by atomic mass is 10.3. The Morgan fingerprint density at radius 2 is 2.33 bits per heavy atom. The van der Waals surface area contributed by atoms with Gasteiger partial charge in [0.25, 0.3) is 0 Å².